The third-order valence-electron chi connectivity index (χ3n) is 3.53. The number of rotatable bonds is 6. The van der Waals surface area contributed by atoms with Crippen LogP contribution < -0.4 is 10.6 Å². The maximum atomic E-state index is 12.8. The van der Waals surface area contributed by atoms with E-state index in [1.165, 1.54) is 13.0 Å². The van der Waals surface area contributed by atoms with E-state index in [1.54, 1.807) is 24.3 Å². The van der Waals surface area contributed by atoms with E-state index >= 15 is 0 Å². The summed E-state index contributed by atoms with van der Waals surface area (Å²) in [5.74, 6) is -0.481. The Morgan fingerprint density at radius 2 is 1.65 bits per heavy atom. The molecule has 2 N–H and O–H groups in total. The van der Waals surface area contributed by atoms with E-state index in [0.29, 0.717) is 5.56 Å². The molecule has 1 amide bonds. The maximum Gasteiger partial charge on any atom is 0.417 e. The number of alkyl halides is 3. The van der Waals surface area contributed by atoms with E-state index in [0.717, 1.165) is 17.8 Å². The molecule has 0 aliphatic heterocycles. The molecule has 0 unspecified atom stereocenters. The first-order valence-electron chi connectivity index (χ1n) is 7.68. The number of hydrogen-bond donors (Lipinski definition) is 2. The van der Waals surface area contributed by atoms with Crippen molar-refractivity contribution < 1.29 is 22.8 Å². The fraction of sp³-hybridized carbons (Fsp3) is 0.222. The monoisotopic (exact) mass is 384 g/mol. The van der Waals surface area contributed by atoms with Gasteiger partial charge < -0.3 is 10.6 Å². The molecule has 0 spiro atoms. The predicted octanol–water partition coefficient (Wildman–Crippen LogP) is 5.00. The van der Waals surface area contributed by atoms with E-state index in [9.17, 15) is 22.8 Å². The highest BCUT2D eigenvalue weighted by Gasteiger charge is 2.33. The van der Waals surface area contributed by atoms with E-state index in [1.807, 2.05) is 0 Å². The third kappa shape index (κ3) is 5.49. The van der Waals surface area contributed by atoms with Crippen LogP contribution >= 0.6 is 11.6 Å². The number of anilines is 2. The van der Waals surface area contributed by atoms with Gasteiger partial charge in [-0.1, -0.05) is 11.6 Å². The summed E-state index contributed by atoms with van der Waals surface area (Å²) in [5.41, 5.74) is 0.336. The Hall–Kier alpha value is -2.54. The van der Waals surface area contributed by atoms with Crippen molar-refractivity contribution in [2.45, 2.75) is 19.5 Å². The summed E-state index contributed by atoms with van der Waals surface area (Å²) in [6, 6.07) is 9.95. The van der Waals surface area contributed by atoms with Crippen LogP contribution in [0.2, 0.25) is 5.02 Å². The van der Waals surface area contributed by atoms with Crippen LogP contribution in [-0.2, 0) is 11.0 Å². The lowest BCUT2D eigenvalue weighted by Crippen LogP contribution is -2.17. The molecule has 0 saturated carbocycles. The lowest BCUT2D eigenvalue weighted by Gasteiger charge is -2.12. The molecule has 2 aromatic carbocycles. The smallest absolute Gasteiger partial charge is 0.385 e. The quantitative estimate of drug-likeness (QED) is 0.689. The molecule has 0 bridgehead atoms. The van der Waals surface area contributed by atoms with Crippen molar-refractivity contribution in [2.24, 2.45) is 0 Å². The standard InChI is InChI=1S/C18H16ClF3N2O2/c1-11(25)12-2-4-13(5-3-12)23-9-8-17(26)24-14-6-7-16(19)15(10-14)18(20,21)22/h2-7,10,23H,8-9H2,1H3,(H,24,26). The van der Waals surface area contributed by atoms with E-state index in [2.05, 4.69) is 10.6 Å². The highest BCUT2D eigenvalue weighted by molar-refractivity contribution is 6.31. The summed E-state index contributed by atoms with van der Waals surface area (Å²) in [6.07, 6.45) is -4.54. The summed E-state index contributed by atoms with van der Waals surface area (Å²) in [4.78, 5) is 23.1. The van der Waals surface area contributed by atoms with Crippen molar-refractivity contribution in [2.75, 3.05) is 17.2 Å². The fourth-order valence-corrected chi connectivity index (χ4v) is 2.41. The maximum absolute atomic E-state index is 12.8. The number of carbonyl (C=O) groups excluding carboxylic acids is 2. The van der Waals surface area contributed by atoms with Gasteiger partial charge in [-0.25, -0.2) is 0 Å². The molecule has 0 aliphatic rings. The van der Waals surface area contributed by atoms with Crippen molar-refractivity contribution in [3.8, 4) is 0 Å². The van der Waals surface area contributed by atoms with Gasteiger partial charge in [-0.2, -0.15) is 13.2 Å². The van der Waals surface area contributed by atoms with Gasteiger partial charge in [0.1, 0.15) is 0 Å². The lowest BCUT2D eigenvalue weighted by molar-refractivity contribution is -0.137. The molecule has 0 saturated heterocycles. The van der Waals surface area contributed by atoms with Crippen molar-refractivity contribution in [3.63, 3.8) is 0 Å². The minimum Gasteiger partial charge on any atom is -0.385 e. The van der Waals surface area contributed by atoms with Gasteiger partial charge in [0.15, 0.2) is 5.78 Å². The molecule has 2 aromatic rings. The second-order valence-electron chi connectivity index (χ2n) is 5.55. The van der Waals surface area contributed by atoms with Gasteiger partial charge >= 0.3 is 6.18 Å². The lowest BCUT2D eigenvalue weighted by atomic mass is 10.1. The topological polar surface area (TPSA) is 58.2 Å². The molecule has 8 heteroatoms. The molecule has 26 heavy (non-hydrogen) atoms. The zero-order valence-corrected chi connectivity index (χ0v) is 14.5. The van der Waals surface area contributed by atoms with Crippen LogP contribution in [0.4, 0.5) is 24.5 Å². The number of carbonyl (C=O) groups is 2. The molecule has 2 rings (SSSR count). The van der Waals surface area contributed by atoms with Gasteiger partial charge in [0, 0.05) is 29.9 Å². The molecular formula is C18H16ClF3N2O2. The summed E-state index contributed by atoms with van der Waals surface area (Å²) in [6.45, 7) is 1.75. The minimum absolute atomic E-state index is 0.0255. The van der Waals surface area contributed by atoms with Gasteiger partial charge in [-0.15, -0.1) is 0 Å². The first-order valence-corrected chi connectivity index (χ1v) is 8.06. The molecular weight excluding hydrogens is 369 g/mol. The van der Waals surface area contributed by atoms with Crippen LogP contribution in [0.15, 0.2) is 42.5 Å². The molecule has 0 aliphatic carbocycles. The summed E-state index contributed by atoms with van der Waals surface area (Å²) < 4.78 is 38.4. The predicted molar refractivity (Wildman–Crippen MR) is 94.6 cm³/mol. The largest absolute Gasteiger partial charge is 0.417 e. The average Bonchev–Trinajstić information content (AvgIpc) is 2.56. The van der Waals surface area contributed by atoms with Crippen LogP contribution in [-0.4, -0.2) is 18.2 Å². The normalized spacial score (nSPS) is 11.1. The third-order valence-corrected chi connectivity index (χ3v) is 3.86. The average molecular weight is 385 g/mol. The van der Waals surface area contributed by atoms with Gasteiger partial charge in [0.25, 0.3) is 0 Å². The van der Waals surface area contributed by atoms with Gasteiger partial charge in [0.05, 0.1) is 10.6 Å². The molecule has 0 atom stereocenters. The summed E-state index contributed by atoms with van der Waals surface area (Å²) in [5, 5.41) is 4.98. The zero-order valence-electron chi connectivity index (χ0n) is 13.8. The Morgan fingerprint density at radius 1 is 1.04 bits per heavy atom. The fourth-order valence-electron chi connectivity index (χ4n) is 2.19. The summed E-state index contributed by atoms with van der Waals surface area (Å²) >= 11 is 5.54. The number of nitrogens with one attached hydrogen (secondary N) is 2. The van der Waals surface area contributed by atoms with Crippen LogP contribution in [0, 0.1) is 0 Å². The van der Waals surface area contributed by atoms with Crippen LogP contribution in [0.25, 0.3) is 0 Å². The number of halogens is 4. The SMILES string of the molecule is CC(=O)c1ccc(NCCC(=O)Nc2ccc(Cl)c(C(F)(F)F)c2)cc1. The van der Waals surface area contributed by atoms with Gasteiger partial charge in [-0.05, 0) is 49.4 Å². The second kappa shape index (κ2) is 8.23. The number of benzene rings is 2. The first-order chi connectivity index (χ1) is 12.2. The van der Waals surface area contributed by atoms with Crippen LogP contribution in [0.1, 0.15) is 29.3 Å². The minimum atomic E-state index is -4.59. The molecule has 0 aromatic heterocycles. The Labute approximate surface area is 153 Å². The van der Waals surface area contributed by atoms with Crippen LogP contribution in [0.5, 0.6) is 0 Å². The van der Waals surface area contributed by atoms with E-state index in [-0.39, 0.29) is 24.4 Å². The van der Waals surface area contributed by atoms with Crippen molar-refractivity contribution >= 4 is 34.7 Å². The Balaban J connectivity index is 1.88. The Morgan fingerprint density at radius 3 is 2.23 bits per heavy atom. The highest BCUT2D eigenvalue weighted by atomic mass is 35.5. The molecule has 0 fully saturated rings. The van der Waals surface area contributed by atoms with Crippen molar-refractivity contribution in [3.05, 3.63) is 58.6 Å². The van der Waals surface area contributed by atoms with E-state index < -0.39 is 22.7 Å². The molecule has 138 valence electrons. The molecule has 4 nitrogen and oxygen atoms in total. The number of Topliss-reactive ketones (excluding diaryl/α,β-unsaturated/α-hetero) is 1. The van der Waals surface area contributed by atoms with Crippen molar-refractivity contribution in [1.29, 1.82) is 0 Å². The Bertz CT molecular complexity index is 805. The first kappa shape index (κ1) is 19.8. The van der Waals surface area contributed by atoms with Crippen LogP contribution in [0.3, 0.4) is 0 Å². The number of ketones is 1. The van der Waals surface area contributed by atoms with Gasteiger partial charge in [-0.3, -0.25) is 9.59 Å². The van der Waals surface area contributed by atoms with Gasteiger partial charge in [0.2, 0.25) is 5.91 Å². The summed E-state index contributed by atoms with van der Waals surface area (Å²) in [7, 11) is 0. The Kier molecular flexibility index (Phi) is 6.26. The number of hydrogen-bond acceptors (Lipinski definition) is 3. The van der Waals surface area contributed by atoms with E-state index in [4.69, 9.17) is 11.6 Å². The molecule has 0 radical (unpaired) electrons. The highest BCUT2D eigenvalue weighted by Crippen LogP contribution is 2.36. The zero-order chi connectivity index (χ0) is 19.3. The second-order valence-corrected chi connectivity index (χ2v) is 5.96. The number of amides is 1. The van der Waals surface area contributed by atoms with Crippen molar-refractivity contribution in [1.82, 2.24) is 0 Å². The molecule has 0 heterocycles.